The van der Waals surface area contributed by atoms with Gasteiger partial charge in [0.15, 0.2) is 5.58 Å². The van der Waals surface area contributed by atoms with Crippen molar-refractivity contribution in [3.8, 4) is 33.4 Å². The molecule has 0 N–H and O–H groups in total. The fourth-order valence-corrected chi connectivity index (χ4v) is 8.27. The Hall–Kier alpha value is -7.36. The zero-order chi connectivity index (χ0) is 36.3. The molecule has 0 amide bonds. The number of furan rings is 2. The van der Waals surface area contributed by atoms with Crippen LogP contribution in [0.1, 0.15) is 0 Å². The molecule has 258 valence electrons. The molecule has 3 nitrogen and oxygen atoms in total. The minimum absolute atomic E-state index is 0.841. The number of hydrogen-bond donors (Lipinski definition) is 0. The van der Waals surface area contributed by atoms with Crippen molar-refractivity contribution in [1.29, 1.82) is 0 Å². The molecule has 0 radical (unpaired) electrons. The molecule has 0 saturated heterocycles. The lowest BCUT2D eigenvalue weighted by Gasteiger charge is -2.26. The van der Waals surface area contributed by atoms with Crippen LogP contribution in [0.15, 0.2) is 209 Å². The summed E-state index contributed by atoms with van der Waals surface area (Å²) in [5, 5.41) is 6.79. The van der Waals surface area contributed by atoms with Crippen LogP contribution < -0.4 is 4.90 Å². The van der Waals surface area contributed by atoms with E-state index in [4.69, 9.17) is 8.83 Å². The molecule has 0 bridgehead atoms. The Kier molecular flexibility index (Phi) is 7.17. The average molecular weight is 704 g/mol. The number of anilines is 3. The second-order valence-corrected chi connectivity index (χ2v) is 14.0. The highest BCUT2D eigenvalue weighted by atomic mass is 16.3. The molecule has 11 rings (SSSR count). The van der Waals surface area contributed by atoms with Crippen LogP contribution in [0.2, 0.25) is 0 Å². The van der Waals surface area contributed by atoms with E-state index in [2.05, 4.69) is 193 Å². The highest BCUT2D eigenvalue weighted by Gasteiger charge is 2.23. The third-order valence-corrected chi connectivity index (χ3v) is 10.9. The molecule has 0 fully saturated rings. The molecule has 0 aliphatic carbocycles. The van der Waals surface area contributed by atoms with Crippen LogP contribution in [0.4, 0.5) is 17.1 Å². The number of fused-ring (bicyclic) bond motifs is 7. The van der Waals surface area contributed by atoms with Gasteiger partial charge in [0, 0.05) is 44.0 Å². The number of benzene rings is 9. The van der Waals surface area contributed by atoms with Crippen LogP contribution in [0, 0.1) is 0 Å². The molecule has 0 aliphatic heterocycles. The number of rotatable bonds is 6. The first-order valence-electron chi connectivity index (χ1n) is 18.7. The Balaban J connectivity index is 1.11. The highest BCUT2D eigenvalue weighted by Crippen LogP contribution is 2.47. The molecule has 11 aromatic rings. The smallest absolute Gasteiger partial charge is 0.159 e. The summed E-state index contributed by atoms with van der Waals surface area (Å²) >= 11 is 0. The molecule has 0 unspecified atom stereocenters. The van der Waals surface area contributed by atoms with Crippen LogP contribution >= 0.6 is 0 Å². The normalized spacial score (nSPS) is 11.6. The molecule has 0 atom stereocenters. The van der Waals surface area contributed by atoms with E-state index in [1.165, 1.54) is 21.9 Å². The van der Waals surface area contributed by atoms with E-state index in [9.17, 15) is 0 Å². The minimum atomic E-state index is 0.841. The zero-order valence-corrected chi connectivity index (χ0v) is 29.8. The van der Waals surface area contributed by atoms with Gasteiger partial charge in [-0.3, -0.25) is 0 Å². The predicted octanol–water partition coefficient (Wildman–Crippen LogP) is 15.1. The lowest BCUT2D eigenvalue weighted by Crippen LogP contribution is -2.10. The Labute approximate surface area is 317 Å². The summed E-state index contributed by atoms with van der Waals surface area (Å²) in [7, 11) is 0. The van der Waals surface area contributed by atoms with Crippen molar-refractivity contribution in [2.45, 2.75) is 0 Å². The quantitative estimate of drug-likeness (QED) is 0.173. The number of nitrogens with zero attached hydrogens (tertiary/aromatic N) is 1. The van der Waals surface area contributed by atoms with E-state index in [1.54, 1.807) is 0 Å². The fourth-order valence-electron chi connectivity index (χ4n) is 8.27. The van der Waals surface area contributed by atoms with E-state index in [1.807, 2.05) is 12.1 Å². The predicted molar refractivity (Wildman–Crippen MR) is 229 cm³/mol. The van der Waals surface area contributed by atoms with Crippen molar-refractivity contribution >= 4 is 71.7 Å². The summed E-state index contributed by atoms with van der Waals surface area (Å²) in [6, 6.07) is 70.7. The third-order valence-electron chi connectivity index (χ3n) is 10.9. The van der Waals surface area contributed by atoms with Crippen molar-refractivity contribution in [3.05, 3.63) is 200 Å². The molecular weight excluding hydrogens is 671 g/mol. The van der Waals surface area contributed by atoms with Gasteiger partial charge in [-0.25, -0.2) is 0 Å². The number of hydrogen-bond acceptors (Lipinski definition) is 3. The maximum atomic E-state index is 7.11. The van der Waals surface area contributed by atoms with Crippen molar-refractivity contribution < 1.29 is 8.83 Å². The van der Waals surface area contributed by atoms with Crippen LogP contribution in [-0.4, -0.2) is 0 Å². The maximum absolute atomic E-state index is 7.11. The first-order chi connectivity index (χ1) is 27.3. The van der Waals surface area contributed by atoms with Crippen LogP contribution in [0.25, 0.3) is 88.0 Å². The maximum Gasteiger partial charge on any atom is 0.159 e. The van der Waals surface area contributed by atoms with Gasteiger partial charge in [-0.05, 0) is 75.5 Å². The van der Waals surface area contributed by atoms with Crippen molar-refractivity contribution in [3.63, 3.8) is 0 Å². The molecule has 0 saturated carbocycles. The van der Waals surface area contributed by atoms with Gasteiger partial charge in [-0.2, -0.15) is 0 Å². The lowest BCUT2D eigenvalue weighted by atomic mass is 9.95. The topological polar surface area (TPSA) is 29.5 Å². The second kappa shape index (κ2) is 12.6. The SMILES string of the molecule is c1ccc(-c2ccc(N(c3ccc(-c4cccc5c4oc4ccccc45)cc3)c3cccc4c3oc3c(-c5ccccc5)c5ccccc5cc34)cc2)cc1. The lowest BCUT2D eigenvalue weighted by molar-refractivity contribution is 0.670. The van der Waals surface area contributed by atoms with Crippen LogP contribution in [0.5, 0.6) is 0 Å². The Bertz CT molecular complexity index is 3180. The average Bonchev–Trinajstić information content (AvgIpc) is 3.83. The van der Waals surface area contributed by atoms with E-state index in [-0.39, 0.29) is 0 Å². The molecule has 2 heterocycles. The van der Waals surface area contributed by atoms with Gasteiger partial charge in [0.2, 0.25) is 0 Å². The van der Waals surface area contributed by atoms with Gasteiger partial charge in [0.1, 0.15) is 16.7 Å². The van der Waals surface area contributed by atoms with Crippen molar-refractivity contribution in [2.24, 2.45) is 0 Å². The largest absolute Gasteiger partial charge is 0.455 e. The Morgan fingerprint density at radius 1 is 0.327 bits per heavy atom. The fraction of sp³-hybridized carbons (Fsp3) is 0. The molecule has 0 aliphatic rings. The summed E-state index contributed by atoms with van der Waals surface area (Å²) in [5.41, 5.74) is 13.3. The standard InChI is InChI=1S/C52H33NO2/c1-3-13-34(14-4-1)35-25-29-39(30-26-35)53(40-31-27-36(28-32-40)42-20-11-21-44-43-19-9-10-24-48(43)54-50(42)44)47-23-12-22-45-46-33-38-17-7-8-18-41(38)49(52(46)55-51(45)47)37-15-5-2-6-16-37/h1-33H. The third kappa shape index (κ3) is 5.13. The van der Waals surface area contributed by atoms with Gasteiger partial charge in [0.25, 0.3) is 0 Å². The van der Waals surface area contributed by atoms with Gasteiger partial charge >= 0.3 is 0 Å². The summed E-state index contributed by atoms with van der Waals surface area (Å²) in [4.78, 5) is 2.31. The van der Waals surface area contributed by atoms with E-state index in [0.29, 0.717) is 0 Å². The van der Waals surface area contributed by atoms with Crippen molar-refractivity contribution in [2.75, 3.05) is 4.90 Å². The van der Waals surface area contributed by atoms with Crippen molar-refractivity contribution in [1.82, 2.24) is 0 Å². The van der Waals surface area contributed by atoms with E-state index < -0.39 is 0 Å². The summed E-state index contributed by atoms with van der Waals surface area (Å²) in [5.74, 6) is 0. The molecule has 2 aromatic heterocycles. The Morgan fingerprint density at radius 3 is 1.64 bits per heavy atom. The van der Waals surface area contributed by atoms with Gasteiger partial charge < -0.3 is 13.7 Å². The van der Waals surface area contributed by atoms with Crippen LogP contribution in [-0.2, 0) is 0 Å². The summed E-state index contributed by atoms with van der Waals surface area (Å²) < 4.78 is 13.5. The molecule has 3 heteroatoms. The Morgan fingerprint density at radius 2 is 0.891 bits per heavy atom. The highest BCUT2D eigenvalue weighted by molar-refractivity contribution is 6.20. The zero-order valence-electron chi connectivity index (χ0n) is 29.8. The summed E-state index contributed by atoms with van der Waals surface area (Å²) in [6.07, 6.45) is 0. The number of para-hydroxylation sites is 3. The molecular formula is C52H33NO2. The summed E-state index contributed by atoms with van der Waals surface area (Å²) in [6.45, 7) is 0. The molecule has 55 heavy (non-hydrogen) atoms. The first kappa shape index (κ1) is 31.2. The van der Waals surface area contributed by atoms with Gasteiger partial charge in [0.05, 0.1) is 5.69 Å². The first-order valence-corrected chi connectivity index (χ1v) is 18.7. The van der Waals surface area contributed by atoms with Crippen LogP contribution in [0.3, 0.4) is 0 Å². The second-order valence-electron chi connectivity index (χ2n) is 14.0. The van der Waals surface area contributed by atoms with E-state index >= 15 is 0 Å². The van der Waals surface area contributed by atoms with Gasteiger partial charge in [-0.15, -0.1) is 0 Å². The molecule has 9 aromatic carbocycles. The monoisotopic (exact) mass is 703 g/mol. The van der Waals surface area contributed by atoms with Gasteiger partial charge in [-0.1, -0.05) is 158 Å². The van der Waals surface area contributed by atoms with E-state index in [0.717, 1.165) is 83.2 Å². The molecule has 0 spiro atoms. The minimum Gasteiger partial charge on any atom is -0.455 e.